The van der Waals surface area contributed by atoms with E-state index in [0.29, 0.717) is 0 Å². The van der Waals surface area contributed by atoms with Crippen LogP contribution in [0, 0.1) is 25.2 Å². The number of carbonyl (C=O) groups excluding carboxylic acids is 1. The van der Waals surface area contributed by atoms with Crippen molar-refractivity contribution in [1.82, 2.24) is 0 Å². The van der Waals surface area contributed by atoms with Crippen LogP contribution in [0.25, 0.3) is 6.08 Å². The average Bonchev–Trinajstić information content (AvgIpc) is 2.63. The monoisotopic (exact) mass is 351 g/mol. The number of carbonyl (C=O) groups is 1. The zero-order valence-corrected chi connectivity index (χ0v) is 15.5. The first-order chi connectivity index (χ1) is 12.0. The third-order valence-corrected chi connectivity index (χ3v) is 4.95. The van der Waals surface area contributed by atoms with E-state index in [1.807, 2.05) is 55.9 Å². The molecule has 3 nitrogen and oxygen atoms in total. The molecular formula is C21H21NO2S. The number of aryl methyl sites for hydroxylation is 1. The Balaban J connectivity index is 2.20. The van der Waals surface area contributed by atoms with E-state index in [-0.39, 0.29) is 5.57 Å². The molecule has 0 aliphatic carbocycles. The van der Waals surface area contributed by atoms with Gasteiger partial charge in [-0.2, -0.15) is 17.0 Å². The first-order valence-corrected chi connectivity index (χ1v) is 9.12. The molecule has 0 unspecified atom stereocenters. The fourth-order valence-corrected chi connectivity index (χ4v) is 3.57. The Morgan fingerprint density at radius 1 is 1.20 bits per heavy atom. The second kappa shape index (κ2) is 9.10. The largest absolute Gasteiger partial charge is 0.465 e. The molecule has 0 saturated heterocycles. The number of rotatable bonds is 6. The van der Waals surface area contributed by atoms with Crippen molar-refractivity contribution in [2.45, 2.75) is 25.4 Å². The molecule has 2 rings (SSSR count). The molecule has 0 N–H and O–H groups in total. The second-order valence-electron chi connectivity index (χ2n) is 5.78. The van der Waals surface area contributed by atoms with Gasteiger partial charge in [-0.3, -0.25) is 0 Å². The molecule has 0 fully saturated rings. The van der Waals surface area contributed by atoms with Crippen LogP contribution in [0.1, 0.15) is 27.8 Å². The molecule has 0 heterocycles. The molecule has 0 spiro atoms. The van der Waals surface area contributed by atoms with Crippen molar-refractivity contribution in [2.24, 2.45) is 0 Å². The summed E-state index contributed by atoms with van der Waals surface area (Å²) in [6.07, 6.45) is 1.61. The third kappa shape index (κ3) is 5.23. The van der Waals surface area contributed by atoms with E-state index in [2.05, 4.69) is 22.9 Å². The van der Waals surface area contributed by atoms with Crippen LogP contribution < -0.4 is 0 Å². The number of nitrogens with zero attached hydrogens (tertiary/aromatic N) is 1. The highest BCUT2D eigenvalue weighted by atomic mass is 32.2. The maximum absolute atomic E-state index is 11.6. The first-order valence-electron chi connectivity index (χ1n) is 7.97. The lowest BCUT2D eigenvalue weighted by atomic mass is 9.98. The minimum atomic E-state index is -0.608. The van der Waals surface area contributed by atoms with E-state index < -0.39 is 5.97 Å². The molecule has 0 aliphatic rings. The van der Waals surface area contributed by atoms with Gasteiger partial charge in [0.1, 0.15) is 11.6 Å². The fraction of sp³-hybridized carbons (Fsp3) is 0.238. The summed E-state index contributed by atoms with van der Waals surface area (Å²) in [5.41, 5.74) is 5.61. The summed E-state index contributed by atoms with van der Waals surface area (Å²) in [6.45, 7) is 4.04. The minimum absolute atomic E-state index is 0.0130. The summed E-state index contributed by atoms with van der Waals surface area (Å²) >= 11 is 1.85. The Kier molecular flexibility index (Phi) is 6.85. The van der Waals surface area contributed by atoms with Crippen molar-refractivity contribution in [1.29, 1.82) is 5.26 Å². The van der Waals surface area contributed by atoms with Crippen molar-refractivity contribution < 1.29 is 9.53 Å². The molecule has 4 heteroatoms. The van der Waals surface area contributed by atoms with Crippen LogP contribution in [-0.4, -0.2) is 13.1 Å². The fourth-order valence-electron chi connectivity index (χ4n) is 2.52. The van der Waals surface area contributed by atoms with Crippen molar-refractivity contribution in [3.8, 4) is 6.07 Å². The van der Waals surface area contributed by atoms with E-state index in [1.54, 1.807) is 6.08 Å². The van der Waals surface area contributed by atoms with E-state index in [9.17, 15) is 4.79 Å². The van der Waals surface area contributed by atoms with Crippen molar-refractivity contribution in [3.63, 3.8) is 0 Å². The number of benzene rings is 2. The van der Waals surface area contributed by atoms with Crippen LogP contribution in [-0.2, 0) is 21.0 Å². The summed E-state index contributed by atoms with van der Waals surface area (Å²) in [5, 5.41) is 9.16. The molecule has 0 aromatic heterocycles. The minimum Gasteiger partial charge on any atom is -0.465 e. The molecule has 2 aromatic rings. The van der Waals surface area contributed by atoms with Crippen molar-refractivity contribution >= 4 is 23.8 Å². The predicted octanol–water partition coefficient (Wildman–Crippen LogP) is 4.82. The summed E-state index contributed by atoms with van der Waals surface area (Å²) in [4.78, 5) is 11.6. The Morgan fingerprint density at radius 3 is 2.56 bits per heavy atom. The Bertz CT molecular complexity index is 820. The maximum atomic E-state index is 11.6. The molecule has 0 radical (unpaired) electrons. The summed E-state index contributed by atoms with van der Waals surface area (Å²) in [7, 11) is 1.28. The number of ether oxygens (including phenoxy) is 1. The average molecular weight is 351 g/mol. The van der Waals surface area contributed by atoms with Gasteiger partial charge in [0, 0.05) is 11.5 Å². The van der Waals surface area contributed by atoms with E-state index >= 15 is 0 Å². The Hall–Kier alpha value is -2.51. The first kappa shape index (κ1) is 18.8. The van der Waals surface area contributed by atoms with Gasteiger partial charge in [-0.15, -0.1) is 0 Å². The van der Waals surface area contributed by atoms with Crippen LogP contribution in [0.2, 0.25) is 0 Å². The lowest BCUT2D eigenvalue weighted by Gasteiger charge is -2.11. The van der Waals surface area contributed by atoms with Gasteiger partial charge in [-0.25, -0.2) is 4.79 Å². The summed E-state index contributed by atoms with van der Waals surface area (Å²) in [5.74, 6) is 1.22. The highest BCUT2D eigenvalue weighted by Crippen LogP contribution is 2.25. The van der Waals surface area contributed by atoms with Crippen molar-refractivity contribution in [2.75, 3.05) is 7.11 Å². The molecule has 2 aromatic carbocycles. The number of hydrogen-bond donors (Lipinski definition) is 0. The number of thioether (sulfide) groups is 1. The van der Waals surface area contributed by atoms with Crippen LogP contribution in [0.4, 0.5) is 0 Å². The molecule has 0 bridgehead atoms. The number of methoxy groups -OCH3 is 1. The topological polar surface area (TPSA) is 50.1 Å². The van der Waals surface area contributed by atoms with Crippen molar-refractivity contribution in [3.05, 3.63) is 75.9 Å². The molecular weight excluding hydrogens is 330 g/mol. The lowest BCUT2D eigenvalue weighted by Crippen LogP contribution is -2.03. The Labute approximate surface area is 153 Å². The standard InChI is InChI=1S/C21H21NO2S/c1-15-9-18(11-19(12-22)21(23)24-3)16(2)20(10-15)14-25-13-17-7-5-4-6-8-17/h4-11H,13-14H2,1-3H3. The number of hydrogen-bond acceptors (Lipinski definition) is 4. The lowest BCUT2D eigenvalue weighted by molar-refractivity contribution is -0.135. The normalized spacial score (nSPS) is 11.0. The highest BCUT2D eigenvalue weighted by Gasteiger charge is 2.11. The number of esters is 1. The highest BCUT2D eigenvalue weighted by molar-refractivity contribution is 7.97. The second-order valence-corrected chi connectivity index (χ2v) is 6.76. The van der Waals surface area contributed by atoms with Gasteiger partial charge in [0.2, 0.25) is 0 Å². The summed E-state index contributed by atoms with van der Waals surface area (Å²) in [6, 6.07) is 16.4. The Morgan fingerprint density at radius 2 is 1.92 bits per heavy atom. The molecule has 25 heavy (non-hydrogen) atoms. The van der Waals surface area contributed by atoms with Crippen LogP contribution in [0.3, 0.4) is 0 Å². The van der Waals surface area contributed by atoms with Gasteiger partial charge in [0.15, 0.2) is 0 Å². The maximum Gasteiger partial charge on any atom is 0.348 e. The van der Waals surface area contributed by atoms with Gasteiger partial charge in [0.25, 0.3) is 0 Å². The van der Waals surface area contributed by atoms with E-state index in [0.717, 1.165) is 28.2 Å². The molecule has 0 saturated carbocycles. The van der Waals surface area contributed by atoms with Crippen LogP contribution in [0.15, 0.2) is 48.0 Å². The SMILES string of the molecule is COC(=O)C(C#N)=Cc1cc(C)cc(CSCc2ccccc2)c1C. The predicted molar refractivity (Wildman–Crippen MR) is 103 cm³/mol. The smallest absolute Gasteiger partial charge is 0.348 e. The zero-order valence-electron chi connectivity index (χ0n) is 14.7. The van der Waals surface area contributed by atoms with Gasteiger partial charge in [-0.1, -0.05) is 48.0 Å². The quantitative estimate of drug-likeness (QED) is 0.425. The van der Waals surface area contributed by atoms with Gasteiger partial charge in [-0.05, 0) is 42.2 Å². The van der Waals surface area contributed by atoms with E-state index in [4.69, 9.17) is 5.26 Å². The van der Waals surface area contributed by atoms with E-state index in [1.165, 1.54) is 18.2 Å². The molecule has 128 valence electrons. The number of nitriles is 1. The summed E-state index contributed by atoms with van der Waals surface area (Å²) < 4.78 is 4.66. The molecule has 0 atom stereocenters. The molecule has 0 aliphatic heterocycles. The zero-order chi connectivity index (χ0) is 18.2. The molecule has 0 amide bonds. The third-order valence-electron chi connectivity index (χ3n) is 3.89. The van der Waals surface area contributed by atoms with Gasteiger partial charge >= 0.3 is 5.97 Å². The van der Waals surface area contributed by atoms with Crippen LogP contribution in [0.5, 0.6) is 0 Å². The van der Waals surface area contributed by atoms with Crippen LogP contribution >= 0.6 is 11.8 Å². The van der Waals surface area contributed by atoms with Gasteiger partial charge < -0.3 is 4.74 Å². The van der Waals surface area contributed by atoms with Gasteiger partial charge in [0.05, 0.1) is 7.11 Å².